The highest BCUT2D eigenvalue weighted by atomic mass is 35.5. The van der Waals surface area contributed by atoms with Gasteiger partial charge in [0.1, 0.15) is 18.1 Å². The highest BCUT2D eigenvalue weighted by molar-refractivity contribution is 7.90. The maximum absolute atomic E-state index is 13.0. The number of amides is 1. The van der Waals surface area contributed by atoms with Crippen LogP contribution in [0.15, 0.2) is 48.6 Å². The van der Waals surface area contributed by atoms with Crippen molar-refractivity contribution in [1.82, 2.24) is 4.72 Å². The standard InChI is InChI=1S/C29H33ClN2O5S/c30-24-11-8-23-19-37-28-13-10-21-17-26(28)32(14-4-3-6-20(23)16-24)18-22-9-12-25(22)27(33)7-2-1-5-15-38(35,36)31-29(21)34/h1-2,8,10-11,13,16-17,22,25H,3-7,9,12,14-15,18-19H2,(H,31,34)/b2-1+/t22-,25+/m0/s1. The molecule has 0 spiro atoms. The molecule has 2 aromatic carbocycles. The molecule has 0 aromatic heterocycles. The van der Waals surface area contributed by atoms with Gasteiger partial charge < -0.3 is 9.64 Å². The van der Waals surface area contributed by atoms with E-state index in [0.717, 1.165) is 55.5 Å². The largest absolute Gasteiger partial charge is 0.487 e. The Balaban J connectivity index is 1.52. The van der Waals surface area contributed by atoms with Gasteiger partial charge in [-0.25, -0.2) is 13.1 Å². The Hall–Kier alpha value is -2.84. The number of ketones is 1. The van der Waals surface area contributed by atoms with Crippen molar-refractivity contribution < 1.29 is 22.7 Å². The highest BCUT2D eigenvalue weighted by Gasteiger charge is 2.37. The molecule has 0 radical (unpaired) electrons. The lowest BCUT2D eigenvalue weighted by atomic mass is 9.70. The van der Waals surface area contributed by atoms with Crippen molar-refractivity contribution in [3.63, 3.8) is 0 Å². The van der Waals surface area contributed by atoms with Gasteiger partial charge in [-0.3, -0.25) is 9.59 Å². The number of nitrogens with zero attached hydrogens (tertiary/aromatic N) is 1. The van der Waals surface area contributed by atoms with Gasteiger partial charge in [0.25, 0.3) is 5.91 Å². The van der Waals surface area contributed by atoms with Gasteiger partial charge in [-0.2, -0.15) is 0 Å². The van der Waals surface area contributed by atoms with E-state index in [1.165, 1.54) is 0 Å². The smallest absolute Gasteiger partial charge is 0.264 e. The van der Waals surface area contributed by atoms with Gasteiger partial charge in [0.15, 0.2) is 0 Å². The molecule has 1 N–H and O–H groups in total. The number of halogens is 1. The van der Waals surface area contributed by atoms with Crippen molar-refractivity contribution in [3.8, 4) is 5.75 Å². The number of allylic oxidation sites excluding steroid dienone is 2. The molecule has 2 bridgehead atoms. The molecule has 7 nitrogen and oxygen atoms in total. The van der Waals surface area contributed by atoms with Gasteiger partial charge in [0, 0.05) is 36.0 Å². The number of carbonyl (C=O) groups excluding carboxylic acids is 2. The number of benzene rings is 2. The van der Waals surface area contributed by atoms with Crippen LogP contribution < -0.4 is 14.4 Å². The van der Waals surface area contributed by atoms with Crippen molar-refractivity contribution in [2.75, 3.05) is 23.7 Å². The first kappa shape index (κ1) is 26.8. The average Bonchev–Trinajstić information content (AvgIpc) is 2.88. The van der Waals surface area contributed by atoms with Crippen LogP contribution in [-0.2, 0) is 27.8 Å². The number of aryl methyl sites for hydroxylation is 1. The van der Waals surface area contributed by atoms with Crippen LogP contribution in [0.4, 0.5) is 5.69 Å². The quantitative estimate of drug-likeness (QED) is 0.456. The summed E-state index contributed by atoms with van der Waals surface area (Å²) in [6.07, 6.45) is 8.61. The van der Waals surface area contributed by atoms with E-state index in [1.54, 1.807) is 30.4 Å². The molecule has 2 aromatic rings. The summed E-state index contributed by atoms with van der Waals surface area (Å²) >= 11 is 6.27. The lowest BCUT2D eigenvalue weighted by molar-refractivity contribution is -0.126. The van der Waals surface area contributed by atoms with Gasteiger partial charge >= 0.3 is 0 Å². The topological polar surface area (TPSA) is 92.8 Å². The molecule has 2 heterocycles. The predicted molar refractivity (Wildman–Crippen MR) is 148 cm³/mol. The first-order valence-corrected chi connectivity index (χ1v) is 15.3. The number of anilines is 1. The molecule has 3 aliphatic rings. The van der Waals surface area contributed by atoms with Crippen molar-refractivity contribution in [3.05, 3.63) is 70.3 Å². The Labute approximate surface area is 229 Å². The third-order valence-corrected chi connectivity index (χ3v) is 9.32. The Kier molecular flexibility index (Phi) is 8.09. The van der Waals surface area contributed by atoms with Crippen LogP contribution in [0.2, 0.25) is 5.02 Å². The number of nitrogens with one attached hydrogen (secondary N) is 1. The van der Waals surface area contributed by atoms with Crippen molar-refractivity contribution in [2.45, 2.75) is 51.6 Å². The molecule has 2 atom stereocenters. The molecule has 2 aliphatic heterocycles. The molecule has 0 saturated heterocycles. The van der Waals surface area contributed by atoms with Crippen LogP contribution in [0.5, 0.6) is 5.75 Å². The number of hydrogen-bond donors (Lipinski definition) is 1. The maximum atomic E-state index is 13.0. The summed E-state index contributed by atoms with van der Waals surface area (Å²) in [5, 5.41) is 0.700. The molecule has 1 aliphatic carbocycles. The zero-order chi connectivity index (χ0) is 26.7. The van der Waals surface area contributed by atoms with Crippen LogP contribution in [0.1, 0.15) is 60.0 Å². The normalized spacial score (nSPS) is 24.9. The minimum atomic E-state index is -3.82. The monoisotopic (exact) mass is 556 g/mol. The van der Waals surface area contributed by atoms with E-state index in [9.17, 15) is 18.0 Å². The molecule has 1 saturated carbocycles. The molecular formula is C29H33ClN2O5S. The summed E-state index contributed by atoms with van der Waals surface area (Å²) < 4.78 is 33.6. The lowest BCUT2D eigenvalue weighted by Crippen LogP contribution is -2.42. The minimum Gasteiger partial charge on any atom is -0.487 e. The number of sulfonamides is 1. The Morgan fingerprint density at radius 3 is 2.68 bits per heavy atom. The summed E-state index contributed by atoms with van der Waals surface area (Å²) in [7, 11) is -3.82. The number of Topliss-reactive ketones (excluding diaryl/α,β-unsaturated/α-hetero) is 1. The third kappa shape index (κ3) is 6.24. The number of fused-ring (bicyclic) bond motifs is 3. The van der Waals surface area contributed by atoms with E-state index in [4.69, 9.17) is 16.3 Å². The summed E-state index contributed by atoms with van der Waals surface area (Å²) in [5.74, 6) is 0.177. The molecule has 202 valence electrons. The van der Waals surface area contributed by atoms with Gasteiger partial charge in [0.2, 0.25) is 10.0 Å². The van der Waals surface area contributed by atoms with Crippen molar-refractivity contribution in [2.24, 2.45) is 11.8 Å². The number of rotatable bonds is 0. The second-order valence-electron chi connectivity index (χ2n) is 10.4. The molecule has 9 heteroatoms. The molecule has 1 amide bonds. The number of hydrogen-bond acceptors (Lipinski definition) is 6. The van der Waals surface area contributed by atoms with E-state index >= 15 is 0 Å². The van der Waals surface area contributed by atoms with Crippen LogP contribution in [0, 0.1) is 11.8 Å². The highest BCUT2D eigenvalue weighted by Crippen LogP contribution is 2.40. The van der Waals surface area contributed by atoms with Gasteiger partial charge in [0.05, 0.1) is 11.4 Å². The molecule has 0 unspecified atom stereocenters. The SMILES string of the molecule is O=C1NS(=O)(=O)CC/C=C/CC(=O)[C@@H]2CC[C@H]2CN2CCCCc3cc(Cl)ccc3COc3ccc1cc32. The van der Waals surface area contributed by atoms with Gasteiger partial charge in [-0.05, 0) is 85.9 Å². The summed E-state index contributed by atoms with van der Waals surface area (Å²) in [6, 6.07) is 10.9. The fourth-order valence-corrected chi connectivity index (χ4v) is 6.66. The summed E-state index contributed by atoms with van der Waals surface area (Å²) in [6.45, 7) is 1.76. The minimum absolute atomic E-state index is 0.00304. The van der Waals surface area contributed by atoms with Crippen LogP contribution >= 0.6 is 11.6 Å². The van der Waals surface area contributed by atoms with E-state index in [2.05, 4.69) is 9.62 Å². The Morgan fingerprint density at radius 2 is 1.87 bits per heavy atom. The average molecular weight is 557 g/mol. The Bertz CT molecular complexity index is 1360. The zero-order valence-corrected chi connectivity index (χ0v) is 22.9. The van der Waals surface area contributed by atoms with Crippen LogP contribution in [-0.4, -0.2) is 39.0 Å². The maximum Gasteiger partial charge on any atom is 0.264 e. The summed E-state index contributed by atoms with van der Waals surface area (Å²) in [5.41, 5.74) is 3.23. The first-order valence-electron chi connectivity index (χ1n) is 13.3. The first-order chi connectivity index (χ1) is 18.3. The zero-order valence-electron chi connectivity index (χ0n) is 21.3. The molecular weight excluding hydrogens is 524 g/mol. The van der Waals surface area contributed by atoms with Crippen LogP contribution in [0.25, 0.3) is 0 Å². The third-order valence-electron chi connectivity index (χ3n) is 7.81. The fraction of sp³-hybridized carbons (Fsp3) is 0.448. The van der Waals surface area contributed by atoms with E-state index < -0.39 is 15.9 Å². The van der Waals surface area contributed by atoms with Crippen LogP contribution in [0.3, 0.4) is 0 Å². The molecule has 5 rings (SSSR count). The van der Waals surface area contributed by atoms with E-state index in [0.29, 0.717) is 30.3 Å². The fourth-order valence-electron chi connectivity index (χ4n) is 5.52. The number of ether oxygens (including phenoxy) is 1. The number of carbonyl (C=O) groups is 2. The molecule has 1 fully saturated rings. The predicted octanol–water partition coefficient (Wildman–Crippen LogP) is 5.07. The second-order valence-corrected chi connectivity index (χ2v) is 12.7. The lowest BCUT2D eigenvalue weighted by Gasteiger charge is -2.40. The van der Waals surface area contributed by atoms with Crippen molar-refractivity contribution >= 4 is 39.0 Å². The van der Waals surface area contributed by atoms with Crippen molar-refractivity contribution in [1.29, 1.82) is 0 Å². The Morgan fingerprint density at radius 1 is 1.00 bits per heavy atom. The van der Waals surface area contributed by atoms with Gasteiger partial charge in [-0.1, -0.05) is 29.8 Å². The van der Waals surface area contributed by atoms with Gasteiger partial charge in [-0.15, -0.1) is 0 Å². The van der Waals surface area contributed by atoms with E-state index in [-0.39, 0.29) is 35.4 Å². The molecule has 38 heavy (non-hydrogen) atoms. The summed E-state index contributed by atoms with van der Waals surface area (Å²) in [4.78, 5) is 28.1. The second kappa shape index (κ2) is 11.5. The van der Waals surface area contributed by atoms with E-state index in [1.807, 2.05) is 18.2 Å².